The third-order valence-electron chi connectivity index (χ3n) is 3.54. The molecular weight excluding hydrogens is 333 g/mol. The summed E-state index contributed by atoms with van der Waals surface area (Å²) < 4.78 is 40.0. The molecule has 0 atom stereocenters. The lowest BCUT2D eigenvalue weighted by atomic mass is 10.2. The summed E-state index contributed by atoms with van der Waals surface area (Å²) in [6.45, 7) is 2.17. The molecule has 0 bridgehead atoms. The number of nitrogens with one attached hydrogen (secondary N) is 1. The Balaban J connectivity index is 1.70. The highest BCUT2D eigenvalue weighted by Gasteiger charge is 2.13. The normalized spacial score (nSPS) is 11.6. The third kappa shape index (κ3) is 3.46. The van der Waals surface area contributed by atoms with Crippen LogP contribution in [0.15, 0.2) is 57.8 Å². The minimum absolute atomic E-state index is 0.190. The minimum Gasteiger partial charge on any atom is -0.459 e. The molecule has 1 amide bonds. The van der Waals surface area contributed by atoms with Gasteiger partial charge in [0, 0.05) is 10.9 Å². The van der Waals surface area contributed by atoms with Crippen molar-refractivity contribution in [2.24, 2.45) is 0 Å². The van der Waals surface area contributed by atoms with Gasteiger partial charge in [-0.2, -0.15) is 8.42 Å². The highest BCUT2D eigenvalue weighted by Crippen LogP contribution is 2.20. The van der Waals surface area contributed by atoms with E-state index in [0.29, 0.717) is 5.76 Å². The van der Waals surface area contributed by atoms with Crippen molar-refractivity contribution < 1.29 is 21.5 Å². The van der Waals surface area contributed by atoms with Crippen molar-refractivity contribution in [2.45, 2.75) is 18.4 Å². The van der Waals surface area contributed by atoms with E-state index >= 15 is 0 Å². The van der Waals surface area contributed by atoms with Crippen molar-refractivity contribution in [3.05, 3.63) is 65.4 Å². The van der Waals surface area contributed by atoms with E-state index in [1.165, 1.54) is 12.1 Å². The SMILES string of the molecule is Cc1ccc2oc(CNC(=O)c3ccc(S(=O)(=O)F)cc3)cc2c1. The predicted octanol–water partition coefficient (Wildman–Crippen LogP) is 3.33. The number of furan rings is 1. The molecule has 0 saturated heterocycles. The van der Waals surface area contributed by atoms with Crippen molar-refractivity contribution in [1.82, 2.24) is 5.32 Å². The lowest BCUT2D eigenvalue weighted by Gasteiger charge is -2.03. The van der Waals surface area contributed by atoms with Gasteiger partial charge in [0.2, 0.25) is 0 Å². The molecule has 1 heterocycles. The molecule has 7 heteroatoms. The third-order valence-corrected chi connectivity index (χ3v) is 4.38. The number of hydrogen-bond donors (Lipinski definition) is 1. The first-order valence-electron chi connectivity index (χ1n) is 7.15. The number of hydrogen-bond acceptors (Lipinski definition) is 4. The van der Waals surface area contributed by atoms with Crippen LogP contribution in [0.1, 0.15) is 21.7 Å². The highest BCUT2D eigenvalue weighted by atomic mass is 32.3. The van der Waals surface area contributed by atoms with Crippen LogP contribution in [0.4, 0.5) is 3.89 Å². The van der Waals surface area contributed by atoms with Gasteiger partial charge in [-0.3, -0.25) is 4.79 Å². The Hall–Kier alpha value is -2.67. The van der Waals surface area contributed by atoms with E-state index in [2.05, 4.69) is 5.32 Å². The van der Waals surface area contributed by atoms with Gasteiger partial charge in [0.15, 0.2) is 0 Å². The lowest BCUT2D eigenvalue weighted by molar-refractivity contribution is 0.0948. The van der Waals surface area contributed by atoms with Crippen molar-refractivity contribution in [3.63, 3.8) is 0 Å². The molecule has 0 aliphatic carbocycles. The Labute approximate surface area is 138 Å². The number of rotatable bonds is 4. The van der Waals surface area contributed by atoms with Crippen molar-refractivity contribution in [3.8, 4) is 0 Å². The van der Waals surface area contributed by atoms with Crippen LogP contribution in [0, 0.1) is 6.92 Å². The van der Waals surface area contributed by atoms with E-state index in [4.69, 9.17) is 4.42 Å². The van der Waals surface area contributed by atoms with Crippen LogP contribution in [0.5, 0.6) is 0 Å². The molecule has 3 aromatic rings. The number of fused-ring (bicyclic) bond motifs is 1. The van der Waals surface area contributed by atoms with E-state index in [0.717, 1.165) is 28.7 Å². The number of carbonyl (C=O) groups is 1. The average Bonchev–Trinajstić information content (AvgIpc) is 2.94. The Bertz CT molecular complexity index is 1010. The molecule has 0 fully saturated rings. The van der Waals surface area contributed by atoms with E-state index in [9.17, 15) is 17.1 Å². The topological polar surface area (TPSA) is 76.4 Å². The molecular formula is C17H14FNO4S. The van der Waals surface area contributed by atoms with E-state index in [-0.39, 0.29) is 12.1 Å². The number of halogens is 1. The van der Waals surface area contributed by atoms with Crippen LogP contribution in [-0.4, -0.2) is 14.3 Å². The summed E-state index contributed by atoms with van der Waals surface area (Å²) in [4.78, 5) is 11.6. The number of benzene rings is 2. The van der Waals surface area contributed by atoms with Gasteiger partial charge in [-0.15, -0.1) is 3.89 Å². The van der Waals surface area contributed by atoms with Crippen LogP contribution < -0.4 is 5.32 Å². The molecule has 5 nitrogen and oxygen atoms in total. The Kier molecular flexibility index (Phi) is 4.11. The monoisotopic (exact) mass is 347 g/mol. The van der Waals surface area contributed by atoms with Gasteiger partial charge in [-0.25, -0.2) is 0 Å². The van der Waals surface area contributed by atoms with Gasteiger partial charge in [0.05, 0.1) is 11.4 Å². The Morgan fingerprint density at radius 3 is 2.50 bits per heavy atom. The van der Waals surface area contributed by atoms with E-state index in [1.807, 2.05) is 31.2 Å². The maximum Gasteiger partial charge on any atom is 0.332 e. The van der Waals surface area contributed by atoms with Gasteiger partial charge in [0.25, 0.3) is 5.91 Å². The van der Waals surface area contributed by atoms with Gasteiger partial charge >= 0.3 is 10.2 Å². The maximum absolute atomic E-state index is 12.8. The summed E-state index contributed by atoms with van der Waals surface area (Å²) in [7, 11) is -4.77. The van der Waals surface area contributed by atoms with Gasteiger partial charge in [-0.1, -0.05) is 11.6 Å². The molecule has 3 rings (SSSR count). The van der Waals surface area contributed by atoms with Crippen LogP contribution >= 0.6 is 0 Å². The quantitative estimate of drug-likeness (QED) is 0.735. The van der Waals surface area contributed by atoms with Crippen molar-refractivity contribution in [2.75, 3.05) is 0 Å². The molecule has 0 radical (unpaired) electrons. The zero-order valence-electron chi connectivity index (χ0n) is 12.7. The van der Waals surface area contributed by atoms with Gasteiger partial charge in [-0.05, 0) is 49.4 Å². The zero-order chi connectivity index (χ0) is 17.3. The maximum atomic E-state index is 12.8. The van der Waals surface area contributed by atoms with Gasteiger partial charge in [0.1, 0.15) is 11.3 Å². The first-order valence-corrected chi connectivity index (χ1v) is 8.53. The fourth-order valence-electron chi connectivity index (χ4n) is 2.34. The molecule has 0 saturated carbocycles. The second-order valence-electron chi connectivity index (χ2n) is 5.40. The van der Waals surface area contributed by atoms with Gasteiger partial charge < -0.3 is 9.73 Å². The summed E-state index contributed by atoms with van der Waals surface area (Å²) in [6, 6.07) is 12.2. The molecule has 0 aliphatic rings. The van der Waals surface area contributed by atoms with Crippen LogP contribution in [0.3, 0.4) is 0 Å². The summed E-state index contributed by atoms with van der Waals surface area (Å²) in [6.07, 6.45) is 0. The first kappa shape index (κ1) is 16.2. The van der Waals surface area contributed by atoms with E-state index in [1.54, 1.807) is 0 Å². The second-order valence-corrected chi connectivity index (χ2v) is 6.75. The number of carbonyl (C=O) groups excluding carboxylic acids is 1. The molecule has 1 N–H and O–H groups in total. The Morgan fingerprint density at radius 2 is 1.83 bits per heavy atom. The van der Waals surface area contributed by atoms with Crippen LogP contribution in [-0.2, 0) is 16.8 Å². The fourth-order valence-corrected chi connectivity index (χ4v) is 2.80. The number of amides is 1. The molecule has 0 spiro atoms. The minimum atomic E-state index is -4.77. The Morgan fingerprint density at radius 1 is 1.12 bits per heavy atom. The molecule has 1 aromatic heterocycles. The summed E-state index contributed by atoms with van der Waals surface area (Å²) in [5, 5.41) is 3.63. The van der Waals surface area contributed by atoms with E-state index < -0.39 is 21.0 Å². The van der Waals surface area contributed by atoms with Crippen molar-refractivity contribution in [1.29, 1.82) is 0 Å². The average molecular weight is 347 g/mol. The summed E-state index contributed by atoms with van der Waals surface area (Å²) in [5.74, 6) is 0.196. The largest absolute Gasteiger partial charge is 0.459 e. The standard InChI is InChI=1S/C17H14FNO4S/c1-11-2-7-16-13(8-11)9-14(23-16)10-19-17(20)12-3-5-15(6-4-12)24(18,21)22/h2-9H,10H2,1H3,(H,19,20). The smallest absolute Gasteiger partial charge is 0.332 e. The molecule has 24 heavy (non-hydrogen) atoms. The highest BCUT2D eigenvalue weighted by molar-refractivity contribution is 7.86. The summed E-state index contributed by atoms with van der Waals surface area (Å²) >= 11 is 0. The fraction of sp³-hybridized carbons (Fsp3) is 0.118. The van der Waals surface area contributed by atoms with Crippen molar-refractivity contribution >= 4 is 27.1 Å². The van der Waals surface area contributed by atoms with Crippen LogP contribution in [0.25, 0.3) is 11.0 Å². The molecule has 2 aromatic carbocycles. The summed E-state index contributed by atoms with van der Waals surface area (Å²) in [5.41, 5.74) is 2.08. The zero-order valence-corrected chi connectivity index (χ0v) is 13.6. The second kappa shape index (κ2) is 6.09. The molecule has 0 unspecified atom stereocenters. The lowest BCUT2D eigenvalue weighted by Crippen LogP contribution is -2.22. The first-order chi connectivity index (χ1) is 11.3. The molecule has 0 aliphatic heterocycles. The molecule has 124 valence electrons. The predicted molar refractivity (Wildman–Crippen MR) is 86.9 cm³/mol. The number of aryl methyl sites for hydroxylation is 1. The van der Waals surface area contributed by atoms with Crippen LogP contribution in [0.2, 0.25) is 0 Å².